The lowest BCUT2D eigenvalue weighted by molar-refractivity contribution is 0.0936. The van der Waals surface area contributed by atoms with Crippen molar-refractivity contribution < 1.29 is 9.90 Å². The minimum atomic E-state index is -0.0656. The van der Waals surface area contributed by atoms with E-state index in [4.69, 9.17) is 0 Å². The van der Waals surface area contributed by atoms with E-state index in [2.05, 4.69) is 10.3 Å². The highest BCUT2D eigenvalue weighted by atomic mass is 16.3. The summed E-state index contributed by atoms with van der Waals surface area (Å²) < 4.78 is 0. The van der Waals surface area contributed by atoms with Crippen LogP contribution < -0.4 is 5.32 Å². The van der Waals surface area contributed by atoms with Gasteiger partial charge in [-0.3, -0.25) is 9.78 Å². The lowest BCUT2D eigenvalue weighted by Crippen LogP contribution is -2.32. The maximum atomic E-state index is 12.0. The largest absolute Gasteiger partial charge is 0.396 e. The SMILES string of the molecule is Cc1ncccc1C(=O)NCC1CCCC1CO. The molecule has 0 bridgehead atoms. The number of nitrogens with one attached hydrogen (secondary N) is 1. The van der Waals surface area contributed by atoms with Crippen LogP contribution in [0, 0.1) is 18.8 Å². The Morgan fingerprint density at radius 1 is 1.50 bits per heavy atom. The van der Waals surface area contributed by atoms with Crippen LogP contribution in [-0.2, 0) is 0 Å². The molecule has 1 aliphatic rings. The predicted octanol–water partition coefficient (Wildman–Crippen LogP) is 1.53. The first-order valence-corrected chi connectivity index (χ1v) is 6.53. The molecule has 0 aliphatic heterocycles. The van der Waals surface area contributed by atoms with Crippen molar-refractivity contribution in [3.63, 3.8) is 0 Å². The fourth-order valence-corrected chi connectivity index (χ4v) is 2.67. The highest BCUT2D eigenvalue weighted by Crippen LogP contribution is 2.30. The van der Waals surface area contributed by atoms with Crippen LogP contribution in [0.4, 0.5) is 0 Å². The van der Waals surface area contributed by atoms with Gasteiger partial charge in [0, 0.05) is 25.0 Å². The van der Waals surface area contributed by atoms with E-state index in [-0.39, 0.29) is 12.5 Å². The molecular weight excluding hydrogens is 228 g/mol. The topological polar surface area (TPSA) is 62.2 Å². The highest BCUT2D eigenvalue weighted by molar-refractivity contribution is 5.95. The number of carbonyl (C=O) groups excluding carboxylic acids is 1. The average molecular weight is 248 g/mol. The standard InChI is InChI=1S/C14H20N2O2/c1-10-13(6-3-7-15-10)14(18)16-8-11-4-2-5-12(11)9-17/h3,6-7,11-12,17H,2,4-5,8-9H2,1H3,(H,16,18). The smallest absolute Gasteiger partial charge is 0.253 e. The van der Waals surface area contributed by atoms with Crippen molar-refractivity contribution in [3.05, 3.63) is 29.6 Å². The van der Waals surface area contributed by atoms with Crippen LogP contribution in [0.2, 0.25) is 0 Å². The quantitative estimate of drug-likeness (QED) is 0.849. The number of rotatable bonds is 4. The molecule has 4 nitrogen and oxygen atoms in total. The number of pyridine rings is 1. The van der Waals surface area contributed by atoms with Gasteiger partial charge < -0.3 is 10.4 Å². The molecule has 98 valence electrons. The molecule has 1 aromatic rings. The molecule has 1 aromatic heterocycles. The minimum Gasteiger partial charge on any atom is -0.396 e. The second-order valence-electron chi connectivity index (χ2n) is 4.98. The lowest BCUT2D eigenvalue weighted by atomic mass is 9.97. The minimum absolute atomic E-state index is 0.0656. The third-order valence-electron chi connectivity index (χ3n) is 3.83. The zero-order chi connectivity index (χ0) is 13.0. The summed E-state index contributed by atoms with van der Waals surface area (Å²) in [5.41, 5.74) is 1.39. The molecule has 0 aromatic carbocycles. The number of aliphatic hydroxyl groups is 1. The number of carbonyl (C=O) groups is 1. The molecule has 1 heterocycles. The van der Waals surface area contributed by atoms with Crippen LogP contribution in [0.25, 0.3) is 0 Å². The van der Waals surface area contributed by atoms with Crippen LogP contribution in [0.5, 0.6) is 0 Å². The first kappa shape index (κ1) is 13.0. The van der Waals surface area contributed by atoms with E-state index in [0.717, 1.165) is 25.0 Å². The van der Waals surface area contributed by atoms with E-state index in [1.54, 1.807) is 18.3 Å². The Balaban J connectivity index is 1.91. The summed E-state index contributed by atoms with van der Waals surface area (Å²) in [5.74, 6) is 0.695. The van der Waals surface area contributed by atoms with Crippen molar-refractivity contribution in [2.45, 2.75) is 26.2 Å². The van der Waals surface area contributed by atoms with E-state index in [1.165, 1.54) is 0 Å². The number of amides is 1. The van der Waals surface area contributed by atoms with Crippen molar-refractivity contribution in [1.29, 1.82) is 0 Å². The van der Waals surface area contributed by atoms with Crippen LogP contribution >= 0.6 is 0 Å². The van der Waals surface area contributed by atoms with Crippen molar-refractivity contribution in [2.24, 2.45) is 11.8 Å². The molecule has 0 saturated heterocycles. The van der Waals surface area contributed by atoms with Gasteiger partial charge in [0.2, 0.25) is 0 Å². The van der Waals surface area contributed by atoms with Gasteiger partial charge in [0.15, 0.2) is 0 Å². The Kier molecular flexibility index (Phi) is 4.31. The molecule has 0 radical (unpaired) electrons. The number of aromatic nitrogens is 1. The van der Waals surface area contributed by atoms with E-state index < -0.39 is 0 Å². The number of aliphatic hydroxyl groups excluding tert-OH is 1. The maximum absolute atomic E-state index is 12.0. The fraction of sp³-hybridized carbons (Fsp3) is 0.571. The summed E-state index contributed by atoms with van der Waals surface area (Å²) in [4.78, 5) is 16.1. The van der Waals surface area contributed by atoms with Gasteiger partial charge in [-0.1, -0.05) is 6.42 Å². The van der Waals surface area contributed by atoms with Gasteiger partial charge >= 0.3 is 0 Å². The molecule has 4 heteroatoms. The maximum Gasteiger partial charge on any atom is 0.253 e. The monoisotopic (exact) mass is 248 g/mol. The van der Waals surface area contributed by atoms with Crippen LogP contribution in [-0.4, -0.2) is 29.1 Å². The summed E-state index contributed by atoms with van der Waals surface area (Å²) in [5, 5.41) is 12.2. The van der Waals surface area contributed by atoms with Gasteiger partial charge in [-0.25, -0.2) is 0 Å². The van der Waals surface area contributed by atoms with E-state index in [9.17, 15) is 9.90 Å². The molecule has 1 amide bonds. The average Bonchev–Trinajstić information content (AvgIpc) is 2.84. The molecule has 0 spiro atoms. The predicted molar refractivity (Wildman–Crippen MR) is 69.2 cm³/mol. The van der Waals surface area contributed by atoms with Crippen LogP contribution in [0.1, 0.15) is 35.3 Å². The van der Waals surface area contributed by atoms with Crippen molar-refractivity contribution in [3.8, 4) is 0 Å². The third kappa shape index (κ3) is 2.88. The fourth-order valence-electron chi connectivity index (χ4n) is 2.67. The van der Waals surface area contributed by atoms with Crippen LogP contribution in [0.3, 0.4) is 0 Å². The number of hydrogen-bond donors (Lipinski definition) is 2. The van der Waals surface area contributed by atoms with E-state index >= 15 is 0 Å². The molecule has 18 heavy (non-hydrogen) atoms. The van der Waals surface area contributed by atoms with Gasteiger partial charge in [-0.15, -0.1) is 0 Å². The Hall–Kier alpha value is -1.42. The van der Waals surface area contributed by atoms with Crippen molar-refractivity contribution in [2.75, 3.05) is 13.2 Å². The van der Waals surface area contributed by atoms with Gasteiger partial charge in [0.25, 0.3) is 5.91 Å². The Morgan fingerprint density at radius 3 is 3.00 bits per heavy atom. The second-order valence-corrected chi connectivity index (χ2v) is 4.98. The van der Waals surface area contributed by atoms with Gasteiger partial charge in [0.1, 0.15) is 0 Å². The summed E-state index contributed by atoms with van der Waals surface area (Å²) in [6, 6.07) is 3.56. The third-order valence-corrected chi connectivity index (χ3v) is 3.83. The van der Waals surface area contributed by atoms with Gasteiger partial charge in [0.05, 0.1) is 5.56 Å². The van der Waals surface area contributed by atoms with E-state index in [1.807, 2.05) is 6.92 Å². The molecule has 2 rings (SSSR count). The number of hydrogen-bond acceptors (Lipinski definition) is 3. The summed E-state index contributed by atoms with van der Waals surface area (Å²) in [7, 11) is 0. The molecule has 1 saturated carbocycles. The second kappa shape index (κ2) is 5.96. The zero-order valence-corrected chi connectivity index (χ0v) is 10.7. The summed E-state index contributed by atoms with van der Waals surface area (Å²) in [6.45, 7) is 2.71. The Bertz CT molecular complexity index is 420. The van der Waals surface area contributed by atoms with Crippen molar-refractivity contribution >= 4 is 5.91 Å². The van der Waals surface area contributed by atoms with Gasteiger partial charge in [-0.2, -0.15) is 0 Å². The Labute approximate surface area is 107 Å². The van der Waals surface area contributed by atoms with Gasteiger partial charge in [-0.05, 0) is 43.7 Å². The normalized spacial score (nSPS) is 23.0. The van der Waals surface area contributed by atoms with E-state index in [0.29, 0.717) is 23.9 Å². The molecular formula is C14H20N2O2. The highest BCUT2D eigenvalue weighted by Gasteiger charge is 2.26. The van der Waals surface area contributed by atoms with Crippen LogP contribution in [0.15, 0.2) is 18.3 Å². The zero-order valence-electron chi connectivity index (χ0n) is 10.7. The number of aryl methyl sites for hydroxylation is 1. The molecule has 2 unspecified atom stereocenters. The Morgan fingerprint density at radius 2 is 2.28 bits per heavy atom. The first-order chi connectivity index (χ1) is 8.72. The molecule has 2 atom stereocenters. The van der Waals surface area contributed by atoms with Crippen molar-refractivity contribution in [1.82, 2.24) is 10.3 Å². The molecule has 2 N–H and O–H groups in total. The first-order valence-electron chi connectivity index (χ1n) is 6.53. The molecule has 1 fully saturated rings. The number of nitrogens with zero attached hydrogens (tertiary/aromatic N) is 1. The molecule has 1 aliphatic carbocycles. The summed E-state index contributed by atoms with van der Waals surface area (Å²) >= 11 is 0. The summed E-state index contributed by atoms with van der Waals surface area (Å²) in [6.07, 6.45) is 5.00. The lowest BCUT2D eigenvalue weighted by Gasteiger charge is -2.18.